The predicted molar refractivity (Wildman–Crippen MR) is 65.6 cm³/mol. The van der Waals surface area contributed by atoms with E-state index in [9.17, 15) is 0 Å². The standard InChI is InChI=1S/C12H26N2O2/c1-14(7-8-16-10-9-15-2)12-5-3-11(13)4-6-12/h11-12H,3-10,13H2,1-2H3. The smallest absolute Gasteiger partial charge is 0.0700 e. The largest absolute Gasteiger partial charge is 0.382 e. The Bertz CT molecular complexity index is 170. The van der Waals surface area contributed by atoms with Crippen LogP contribution in [-0.4, -0.2) is 57.5 Å². The molecule has 0 saturated heterocycles. The summed E-state index contributed by atoms with van der Waals surface area (Å²) >= 11 is 0. The van der Waals surface area contributed by atoms with Crippen LogP contribution in [0.5, 0.6) is 0 Å². The summed E-state index contributed by atoms with van der Waals surface area (Å²) in [4.78, 5) is 2.40. The van der Waals surface area contributed by atoms with Crippen LogP contribution in [0.15, 0.2) is 0 Å². The summed E-state index contributed by atoms with van der Waals surface area (Å²) < 4.78 is 10.4. The molecule has 4 heteroatoms. The molecule has 1 aliphatic carbocycles. The fourth-order valence-corrected chi connectivity index (χ4v) is 2.18. The molecule has 2 N–H and O–H groups in total. The maximum atomic E-state index is 5.89. The van der Waals surface area contributed by atoms with Crippen LogP contribution in [0.25, 0.3) is 0 Å². The third-order valence-corrected chi connectivity index (χ3v) is 3.38. The molecule has 0 aromatic carbocycles. The number of nitrogens with zero attached hydrogens (tertiary/aromatic N) is 1. The van der Waals surface area contributed by atoms with Crippen molar-refractivity contribution in [3.8, 4) is 0 Å². The van der Waals surface area contributed by atoms with E-state index < -0.39 is 0 Å². The van der Waals surface area contributed by atoms with Crippen molar-refractivity contribution in [2.45, 2.75) is 37.8 Å². The van der Waals surface area contributed by atoms with Gasteiger partial charge in [-0.2, -0.15) is 0 Å². The fraction of sp³-hybridized carbons (Fsp3) is 1.00. The summed E-state index contributed by atoms with van der Waals surface area (Å²) in [6.45, 7) is 3.17. The first kappa shape index (κ1) is 13.9. The molecular formula is C12H26N2O2. The molecule has 1 saturated carbocycles. The Morgan fingerprint density at radius 3 is 2.44 bits per heavy atom. The normalized spacial score (nSPS) is 26.2. The Balaban J connectivity index is 2.03. The van der Waals surface area contributed by atoms with E-state index in [0.717, 1.165) is 13.2 Å². The van der Waals surface area contributed by atoms with Gasteiger partial charge in [0.25, 0.3) is 0 Å². The molecule has 0 bridgehead atoms. The second-order valence-electron chi connectivity index (χ2n) is 4.65. The highest BCUT2D eigenvalue weighted by molar-refractivity contribution is 4.79. The number of likely N-dealkylation sites (N-methyl/N-ethyl adjacent to an activating group) is 1. The summed E-state index contributed by atoms with van der Waals surface area (Å²) in [5.74, 6) is 0. The van der Waals surface area contributed by atoms with Gasteiger partial charge in [-0.1, -0.05) is 0 Å². The number of ether oxygens (including phenoxy) is 2. The summed E-state index contributed by atoms with van der Waals surface area (Å²) in [6, 6.07) is 1.13. The number of hydrogen-bond acceptors (Lipinski definition) is 4. The quantitative estimate of drug-likeness (QED) is 0.659. The first-order valence-electron chi connectivity index (χ1n) is 6.26. The fourth-order valence-electron chi connectivity index (χ4n) is 2.18. The zero-order valence-electron chi connectivity index (χ0n) is 10.7. The summed E-state index contributed by atoms with van der Waals surface area (Å²) in [5, 5.41) is 0. The van der Waals surface area contributed by atoms with Gasteiger partial charge in [-0.3, -0.25) is 0 Å². The molecule has 4 nitrogen and oxygen atoms in total. The Kier molecular flexibility index (Phi) is 6.96. The number of methoxy groups -OCH3 is 1. The molecule has 0 aliphatic heterocycles. The number of rotatable bonds is 7. The van der Waals surface area contributed by atoms with Crippen LogP contribution in [0, 0.1) is 0 Å². The van der Waals surface area contributed by atoms with Gasteiger partial charge < -0.3 is 20.1 Å². The monoisotopic (exact) mass is 230 g/mol. The molecule has 0 aromatic heterocycles. The highest BCUT2D eigenvalue weighted by Crippen LogP contribution is 2.20. The van der Waals surface area contributed by atoms with Gasteiger partial charge in [0.05, 0.1) is 19.8 Å². The van der Waals surface area contributed by atoms with Gasteiger partial charge in [0.1, 0.15) is 0 Å². The molecule has 96 valence electrons. The minimum absolute atomic E-state index is 0.433. The van der Waals surface area contributed by atoms with Gasteiger partial charge in [-0.05, 0) is 32.7 Å². The third kappa shape index (κ3) is 5.25. The maximum Gasteiger partial charge on any atom is 0.0700 e. The van der Waals surface area contributed by atoms with E-state index in [0.29, 0.717) is 25.3 Å². The average Bonchev–Trinajstić information content (AvgIpc) is 2.29. The van der Waals surface area contributed by atoms with E-state index in [1.807, 2.05) is 0 Å². The molecule has 0 unspecified atom stereocenters. The molecule has 0 spiro atoms. The molecule has 0 radical (unpaired) electrons. The van der Waals surface area contributed by atoms with Crippen molar-refractivity contribution < 1.29 is 9.47 Å². The minimum atomic E-state index is 0.433. The van der Waals surface area contributed by atoms with Crippen LogP contribution in [0.2, 0.25) is 0 Å². The highest BCUT2D eigenvalue weighted by Gasteiger charge is 2.21. The molecular weight excluding hydrogens is 204 g/mol. The highest BCUT2D eigenvalue weighted by atomic mass is 16.5. The van der Waals surface area contributed by atoms with Crippen LogP contribution < -0.4 is 5.73 Å². The van der Waals surface area contributed by atoms with E-state index in [2.05, 4.69) is 11.9 Å². The molecule has 0 amide bonds. The van der Waals surface area contributed by atoms with Crippen LogP contribution >= 0.6 is 0 Å². The van der Waals surface area contributed by atoms with E-state index in [-0.39, 0.29) is 0 Å². The summed E-state index contributed by atoms with van der Waals surface area (Å²) in [7, 11) is 3.88. The minimum Gasteiger partial charge on any atom is -0.382 e. The lowest BCUT2D eigenvalue weighted by atomic mass is 9.91. The van der Waals surface area contributed by atoms with Gasteiger partial charge in [-0.15, -0.1) is 0 Å². The van der Waals surface area contributed by atoms with Gasteiger partial charge in [0.15, 0.2) is 0 Å². The van der Waals surface area contributed by atoms with Crippen molar-refractivity contribution in [1.82, 2.24) is 4.90 Å². The topological polar surface area (TPSA) is 47.7 Å². The number of nitrogens with two attached hydrogens (primary N) is 1. The van der Waals surface area contributed by atoms with Gasteiger partial charge in [0.2, 0.25) is 0 Å². The third-order valence-electron chi connectivity index (χ3n) is 3.38. The van der Waals surface area contributed by atoms with Gasteiger partial charge >= 0.3 is 0 Å². The van der Waals surface area contributed by atoms with E-state index in [4.69, 9.17) is 15.2 Å². The average molecular weight is 230 g/mol. The van der Waals surface area contributed by atoms with E-state index >= 15 is 0 Å². The molecule has 1 rings (SSSR count). The zero-order chi connectivity index (χ0) is 11.8. The van der Waals surface area contributed by atoms with E-state index in [1.165, 1.54) is 25.7 Å². The van der Waals surface area contributed by atoms with Crippen molar-refractivity contribution in [2.75, 3.05) is 40.5 Å². The molecule has 0 heterocycles. The van der Waals surface area contributed by atoms with Crippen molar-refractivity contribution >= 4 is 0 Å². The lowest BCUT2D eigenvalue weighted by Gasteiger charge is -2.33. The first-order chi connectivity index (χ1) is 7.74. The Labute approximate surface area is 99.1 Å². The second-order valence-corrected chi connectivity index (χ2v) is 4.65. The Hall–Kier alpha value is -0.160. The zero-order valence-corrected chi connectivity index (χ0v) is 10.7. The lowest BCUT2D eigenvalue weighted by Crippen LogP contribution is -2.40. The summed E-state index contributed by atoms with van der Waals surface area (Å²) in [5.41, 5.74) is 5.89. The molecule has 16 heavy (non-hydrogen) atoms. The van der Waals surface area contributed by atoms with Crippen molar-refractivity contribution in [3.05, 3.63) is 0 Å². The van der Waals surface area contributed by atoms with Crippen molar-refractivity contribution in [3.63, 3.8) is 0 Å². The van der Waals surface area contributed by atoms with Crippen molar-refractivity contribution in [1.29, 1.82) is 0 Å². The van der Waals surface area contributed by atoms with Crippen LogP contribution in [0.4, 0.5) is 0 Å². The predicted octanol–water partition coefficient (Wildman–Crippen LogP) is 0.851. The molecule has 1 fully saturated rings. The van der Waals surface area contributed by atoms with Crippen LogP contribution in [-0.2, 0) is 9.47 Å². The SMILES string of the molecule is COCCOCCN(C)C1CCC(N)CC1. The maximum absolute atomic E-state index is 5.89. The first-order valence-corrected chi connectivity index (χ1v) is 6.26. The Morgan fingerprint density at radius 2 is 1.81 bits per heavy atom. The van der Waals surface area contributed by atoms with Gasteiger partial charge in [-0.25, -0.2) is 0 Å². The van der Waals surface area contributed by atoms with Gasteiger partial charge in [0, 0.05) is 25.7 Å². The Morgan fingerprint density at radius 1 is 1.12 bits per heavy atom. The van der Waals surface area contributed by atoms with E-state index in [1.54, 1.807) is 7.11 Å². The van der Waals surface area contributed by atoms with Crippen LogP contribution in [0.3, 0.4) is 0 Å². The number of hydrogen-bond donors (Lipinski definition) is 1. The molecule has 1 aliphatic rings. The van der Waals surface area contributed by atoms with Crippen molar-refractivity contribution in [2.24, 2.45) is 5.73 Å². The second kappa shape index (κ2) is 8.01. The lowest BCUT2D eigenvalue weighted by molar-refractivity contribution is 0.0510. The van der Waals surface area contributed by atoms with Crippen LogP contribution in [0.1, 0.15) is 25.7 Å². The molecule has 0 atom stereocenters. The molecule has 0 aromatic rings. The summed E-state index contributed by atoms with van der Waals surface area (Å²) in [6.07, 6.45) is 4.80.